The maximum atomic E-state index is 4.43. The summed E-state index contributed by atoms with van der Waals surface area (Å²) in [7, 11) is 0. The second-order valence-corrected chi connectivity index (χ2v) is 6.98. The molecule has 2 saturated carbocycles. The molecule has 0 radical (unpaired) electrons. The van der Waals surface area contributed by atoms with Gasteiger partial charge in [0.15, 0.2) is 0 Å². The first kappa shape index (κ1) is 15.0. The Labute approximate surface area is 129 Å². The van der Waals surface area contributed by atoms with Gasteiger partial charge < -0.3 is 5.32 Å². The summed E-state index contributed by atoms with van der Waals surface area (Å²) in [6.45, 7) is 1.09. The highest BCUT2D eigenvalue weighted by Gasteiger charge is 2.31. The van der Waals surface area contributed by atoms with Crippen LogP contribution in [-0.2, 0) is 6.42 Å². The Balaban J connectivity index is 1.49. The van der Waals surface area contributed by atoms with Gasteiger partial charge in [-0.3, -0.25) is 4.98 Å². The standard InChI is InChI=1S/C19H30N2/c1-2-8-16(9-3-1)18-11-4-5-12-19(18)21-15-13-17-10-6-7-14-20-17/h6-7,10,14,16,18-19,21H,1-5,8-9,11-13,15H2. The van der Waals surface area contributed by atoms with Crippen LogP contribution < -0.4 is 5.32 Å². The van der Waals surface area contributed by atoms with Crippen LogP contribution in [0.5, 0.6) is 0 Å². The number of hydrogen-bond acceptors (Lipinski definition) is 2. The van der Waals surface area contributed by atoms with Crippen molar-refractivity contribution in [1.82, 2.24) is 10.3 Å². The molecule has 2 nitrogen and oxygen atoms in total. The van der Waals surface area contributed by atoms with E-state index in [4.69, 9.17) is 0 Å². The summed E-state index contributed by atoms with van der Waals surface area (Å²) >= 11 is 0. The van der Waals surface area contributed by atoms with Crippen molar-refractivity contribution >= 4 is 0 Å². The van der Waals surface area contributed by atoms with Crippen molar-refractivity contribution in [1.29, 1.82) is 0 Å². The molecule has 1 heterocycles. The average Bonchev–Trinajstić information content (AvgIpc) is 2.57. The van der Waals surface area contributed by atoms with E-state index in [0.717, 1.165) is 30.8 Å². The largest absolute Gasteiger partial charge is 0.313 e. The maximum Gasteiger partial charge on any atom is 0.0416 e. The summed E-state index contributed by atoms with van der Waals surface area (Å²) in [5.74, 6) is 1.95. The maximum absolute atomic E-state index is 4.43. The van der Waals surface area contributed by atoms with Crippen molar-refractivity contribution < 1.29 is 0 Å². The average molecular weight is 286 g/mol. The molecule has 0 saturated heterocycles. The molecule has 2 atom stereocenters. The number of rotatable bonds is 5. The SMILES string of the molecule is c1ccc(CCNC2CCCCC2C2CCCCC2)nc1. The lowest BCUT2D eigenvalue weighted by atomic mass is 9.71. The van der Waals surface area contributed by atoms with Crippen molar-refractivity contribution in [3.63, 3.8) is 0 Å². The predicted octanol–water partition coefficient (Wildman–Crippen LogP) is 4.35. The Bertz CT molecular complexity index is 397. The molecule has 0 amide bonds. The normalized spacial score (nSPS) is 27.6. The molecule has 0 aromatic carbocycles. The van der Waals surface area contributed by atoms with Gasteiger partial charge in [-0.05, 0) is 36.8 Å². The minimum Gasteiger partial charge on any atom is -0.313 e. The summed E-state index contributed by atoms with van der Waals surface area (Å²) in [6, 6.07) is 7.00. The van der Waals surface area contributed by atoms with Crippen LogP contribution in [0.1, 0.15) is 63.5 Å². The second kappa shape index (κ2) is 7.93. The lowest BCUT2D eigenvalue weighted by molar-refractivity contribution is 0.150. The monoisotopic (exact) mass is 286 g/mol. The Hall–Kier alpha value is -0.890. The van der Waals surface area contributed by atoms with Crippen LogP contribution in [-0.4, -0.2) is 17.6 Å². The van der Waals surface area contributed by atoms with Crippen molar-refractivity contribution in [2.75, 3.05) is 6.54 Å². The summed E-state index contributed by atoms with van der Waals surface area (Å²) in [4.78, 5) is 4.43. The molecule has 1 N–H and O–H groups in total. The molecule has 116 valence electrons. The highest BCUT2D eigenvalue weighted by Crippen LogP contribution is 2.38. The van der Waals surface area contributed by atoms with Gasteiger partial charge in [-0.1, -0.05) is 51.0 Å². The van der Waals surface area contributed by atoms with Gasteiger partial charge >= 0.3 is 0 Å². The van der Waals surface area contributed by atoms with E-state index in [2.05, 4.69) is 22.4 Å². The number of nitrogens with zero attached hydrogens (tertiary/aromatic N) is 1. The zero-order valence-corrected chi connectivity index (χ0v) is 13.3. The molecule has 1 aromatic rings. The second-order valence-electron chi connectivity index (χ2n) is 6.98. The van der Waals surface area contributed by atoms with E-state index in [0.29, 0.717) is 0 Å². The fourth-order valence-corrected chi connectivity index (χ4v) is 4.47. The van der Waals surface area contributed by atoms with Crippen LogP contribution in [0.15, 0.2) is 24.4 Å². The van der Waals surface area contributed by atoms with E-state index in [-0.39, 0.29) is 0 Å². The molecule has 2 fully saturated rings. The molecule has 2 aliphatic carbocycles. The van der Waals surface area contributed by atoms with E-state index < -0.39 is 0 Å². The molecule has 2 heteroatoms. The van der Waals surface area contributed by atoms with Crippen LogP contribution >= 0.6 is 0 Å². The van der Waals surface area contributed by atoms with Crippen molar-refractivity contribution in [2.45, 2.75) is 70.3 Å². The van der Waals surface area contributed by atoms with Crippen LogP contribution in [0.3, 0.4) is 0 Å². The van der Waals surface area contributed by atoms with Gasteiger partial charge in [0.2, 0.25) is 0 Å². The van der Waals surface area contributed by atoms with Gasteiger partial charge in [-0.25, -0.2) is 0 Å². The first-order valence-electron chi connectivity index (χ1n) is 9.07. The van der Waals surface area contributed by atoms with Gasteiger partial charge in [0.25, 0.3) is 0 Å². The third-order valence-corrected chi connectivity index (χ3v) is 5.59. The zero-order valence-electron chi connectivity index (χ0n) is 13.3. The molecule has 21 heavy (non-hydrogen) atoms. The predicted molar refractivity (Wildman–Crippen MR) is 88.3 cm³/mol. The Morgan fingerprint density at radius 2 is 1.76 bits per heavy atom. The topological polar surface area (TPSA) is 24.9 Å². The van der Waals surface area contributed by atoms with E-state index in [1.807, 2.05) is 12.3 Å². The molecular formula is C19H30N2. The third kappa shape index (κ3) is 4.29. The van der Waals surface area contributed by atoms with Crippen molar-refractivity contribution in [3.8, 4) is 0 Å². The molecule has 2 unspecified atom stereocenters. The fraction of sp³-hybridized carbons (Fsp3) is 0.737. The van der Waals surface area contributed by atoms with E-state index in [9.17, 15) is 0 Å². The highest BCUT2D eigenvalue weighted by molar-refractivity contribution is 5.03. The minimum atomic E-state index is 0.769. The van der Waals surface area contributed by atoms with E-state index in [1.165, 1.54) is 63.5 Å². The lowest BCUT2D eigenvalue weighted by Gasteiger charge is -2.39. The quantitative estimate of drug-likeness (QED) is 0.870. The molecule has 2 aliphatic rings. The van der Waals surface area contributed by atoms with Crippen LogP contribution in [0.4, 0.5) is 0 Å². The zero-order chi connectivity index (χ0) is 14.3. The van der Waals surface area contributed by atoms with Crippen molar-refractivity contribution in [2.24, 2.45) is 11.8 Å². The summed E-state index contributed by atoms with van der Waals surface area (Å²) in [5.41, 5.74) is 1.22. The lowest BCUT2D eigenvalue weighted by Crippen LogP contribution is -2.43. The van der Waals surface area contributed by atoms with Gasteiger partial charge in [-0.2, -0.15) is 0 Å². The number of nitrogens with one attached hydrogen (secondary N) is 1. The summed E-state index contributed by atoms with van der Waals surface area (Å²) in [5, 5.41) is 3.88. The third-order valence-electron chi connectivity index (χ3n) is 5.59. The van der Waals surface area contributed by atoms with E-state index >= 15 is 0 Å². The van der Waals surface area contributed by atoms with Crippen molar-refractivity contribution in [3.05, 3.63) is 30.1 Å². The van der Waals surface area contributed by atoms with E-state index in [1.54, 1.807) is 0 Å². The molecule has 0 spiro atoms. The molecule has 1 aromatic heterocycles. The van der Waals surface area contributed by atoms with Crippen LogP contribution in [0, 0.1) is 11.8 Å². The number of pyridine rings is 1. The highest BCUT2D eigenvalue weighted by atomic mass is 14.9. The molecule has 3 rings (SSSR count). The molecule has 0 aliphatic heterocycles. The van der Waals surface area contributed by atoms with Gasteiger partial charge in [0.1, 0.15) is 0 Å². The van der Waals surface area contributed by atoms with Gasteiger partial charge in [0.05, 0.1) is 0 Å². The first-order valence-corrected chi connectivity index (χ1v) is 9.07. The number of hydrogen-bond donors (Lipinski definition) is 1. The van der Waals surface area contributed by atoms with Gasteiger partial charge in [-0.15, -0.1) is 0 Å². The number of aromatic nitrogens is 1. The fourth-order valence-electron chi connectivity index (χ4n) is 4.47. The summed E-state index contributed by atoms with van der Waals surface area (Å²) in [6.07, 6.45) is 16.1. The van der Waals surface area contributed by atoms with Crippen LogP contribution in [0.2, 0.25) is 0 Å². The Kier molecular flexibility index (Phi) is 5.67. The van der Waals surface area contributed by atoms with Crippen LogP contribution in [0.25, 0.3) is 0 Å². The summed E-state index contributed by atoms with van der Waals surface area (Å²) < 4.78 is 0. The first-order chi connectivity index (χ1) is 10.4. The van der Waals surface area contributed by atoms with Gasteiger partial charge in [0, 0.05) is 30.9 Å². The molecular weight excluding hydrogens is 256 g/mol. The molecule has 0 bridgehead atoms. The Morgan fingerprint density at radius 1 is 0.952 bits per heavy atom. The minimum absolute atomic E-state index is 0.769. The Morgan fingerprint density at radius 3 is 2.57 bits per heavy atom. The smallest absolute Gasteiger partial charge is 0.0416 e.